The van der Waals surface area contributed by atoms with Crippen molar-refractivity contribution in [1.29, 1.82) is 0 Å². The summed E-state index contributed by atoms with van der Waals surface area (Å²) >= 11 is 0. The molecule has 3 aromatic carbocycles. The number of anilines is 1. The smallest absolute Gasteiger partial charge is 0.264 e. The molecule has 0 spiro atoms. The number of benzene rings is 3. The van der Waals surface area contributed by atoms with Gasteiger partial charge in [0.15, 0.2) is 6.10 Å². The van der Waals surface area contributed by atoms with Crippen LogP contribution in [0.2, 0.25) is 0 Å². The molecule has 0 aromatic heterocycles. The van der Waals surface area contributed by atoms with E-state index < -0.39 is 22.0 Å². The van der Waals surface area contributed by atoms with Crippen LogP contribution in [0.3, 0.4) is 0 Å². The largest absolute Gasteiger partial charge is 0.492 e. The molecule has 1 amide bonds. The molecule has 0 saturated carbocycles. The number of ether oxygens (including phenoxy) is 2. The summed E-state index contributed by atoms with van der Waals surface area (Å²) in [6.07, 6.45) is -0.996. The topological polar surface area (TPSA) is 84.9 Å². The Morgan fingerprint density at radius 3 is 2.42 bits per heavy atom. The number of aryl methyl sites for hydroxylation is 1. The van der Waals surface area contributed by atoms with Crippen molar-refractivity contribution in [1.82, 2.24) is 5.32 Å². The van der Waals surface area contributed by atoms with Gasteiger partial charge in [-0.2, -0.15) is 0 Å². The Hall–Kier alpha value is -3.52. The van der Waals surface area contributed by atoms with E-state index in [4.69, 9.17) is 9.47 Å². The van der Waals surface area contributed by atoms with Crippen molar-refractivity contribution in [2.24, 2.45) is 0 Å². The highest BCUT2D eigenvalue weighted by atomic mass is 32.2. The zero-order valence-electron chi connectivity index (χ0n) is 21.0. The molecule has 4 rings (SSSR count). The summed E-state index contributed by atoms with van der Waals surface area (Å²) in [5.41, 5.74) is 2.59. The van der Waals surface area contributed by atoms with Crippen molar-refractivity contribution in [3.8, 4) is 11.5 Å². The minimum absolute atomic E-state index is 0.0610. The van der Waals surface area contributed by atoms with Crippen molar-refractivity contribution in [3.63, 3.8) is 0 Å². The summed E-state index contributed by atoms with van der Waals surface area (Å²) in [7, 11) is -3.88. The molecule has 1 N–H and O–H groups in total. The van der Waals surface area contributed by atoms with Gasteiger partial charge in [-0.3, -0.25) is 9.10 Å². The summed E-state index contributed by atoms with van der Waals surface area (Å²) in [4.78, 5) is 13.1. The fourth-order valence-corrected chi connectivity index (χ4v) is 5.45. The molecule has 0 saturated heterocycles. The number of carbonyl (C=O) groups is 1. The van der Waals surface area contributed by atoms with Crippen molar-refractivity contribution >= 4 is 21.6 Å². The molecule has 0 aliphatic carbocycles. The molecule has 190 valence electrons. The minimum atomic E-state index is -3.88. The van der Waals surface area contributed by atoms with Gasteiger partial charge in [-0.25, -0.2) is 8.42 Å². The van der Waals surface area contributed by atoms with E-state index in [-0.39, 0.29) is 30.0 Å². The molecular weight excluding hydrogens is 476 g/mol. The summed E-state index contributed by atoms with van der Waals surface area (Å²) in [5, 5.41) is 2.81. The molecule has 8 heteroatoms. The Morgan fingerprint density at radius 1 is 1.06 bits per heavy atom. The number of hydrogen-bond donors (Lipinski definition) is 1. The van der Waals surface area contributed by atoms with Crippen molar-refractivity contribution < 1.29 is 22.7 Å². The molecule has 7 nitrogen and oxygen atoms in total. The first kappa shape index (κ1) is 25.6. The van der Waals surface area contributed by atoms with Gasteiger partial charge in [0.1, 0.15) is 18.1 Å². The lowest BCUT2D eigenvalue weighted by Gasteiger charge is -2.35. The lowest BCUT2D eigenvalue weighted by Crippen LogP contribution is -2.51. The summed E-state index contributed by atoms with van der Waals surface area (Å²) in [6, 6.07) is 21.3. The summed E-state index contributed by atoms with van der Waals surface area (Å²) < 4.78 is 39.8. The van der Waals surface area contributed by atoms with Crippen LogP contribution in [-0.4, -0.2) is 40.1 Å². The van der Waals surface area contributed by atoms with E-state index in [9.17, 15) is 13.2 Å². The summed E-state index contributed by atoms with van der Waals surface area (Å²) in [5.74, 6) is 0.675. The lowest BCUT2D eigenvalue weighted by molar-refractivity contribution is -0.127. The maximum Gasteiger partial charge on any atom is 0.264 e. The van der Waals surface area contributed by atoms with Crippen LogP contribution in [0.15, 0.2) is 77.7 Å². The fourth-order valence-electron chi connectivity index (χ4n) is 3.95. The molecule has 1 aliphatic rings. The molecular formula is C28H32N2O5S. The first-order valence-electron chi connectivity index (χ1n) is 11.9. The van der Waals surface area contributed by atoms with Crippen LogP contribution in [0.4, 0.5) is 5.69 Å². The predicted octanol–water partition coefficient (Wildman–Crippen LogP) is 4.44. The third kappa shape index (κ3) is 5.65. The molecule has 1 atom stereocenters. The van der Waals surface area contributed by atoms with Crippen LogP contribution in [0.1, 0.15) is 31.9 Å². The van der Waals surface area contributed by atoms with E-state index in [2.05, 4.69) is 26.1 Å². The highest BCUT2D eigenvalue weighted by Gasteiger charge is 2.37. The number of sulfonamides is 1. The van der Waals surface area contributed by atoms with Crippen molar-refractivity contribution in [2.45, 2.75) is 44.1 Å². The second-order valence-corrected chi connectivity index (χ2v) is 11.7. The number of rotatable bonds is 7. The van der Waals surface area contributed by atoms with Gasteiger partial charge in [-0.05, 0) is 59.9 Å². The Balaban J connectivity index is 1.42. The van der Waals surface area contributed by atoms with E-state index in [0.717, 1.165) is 11.3 Å². The van der Waals surface area contributed by atoms with Crippen molar-refractivity contribution in [2.75, 3.05) is 24.0 Å². The molecule has 0 unspecified atom stereocenters. The van der Waals surface area contributed by atoms with Gasteiger partial charge in [0.05, 0.1) is 23.7 Å². The Morgan fingerprint density at radius 2 is 1.75 bits per heavy atom. The highest BCUT2D eigenvalue weighted by Crippen LogP contribution is 2.37. The average molecular weight is 509 g/mol. The van der Waals surface area contributed by atoms with E-state index in [0.29, 0.717) is 11.4 Å². The van der Waals surface area contributed by atoms with E-state index in [1.807, 2.05) is 37.3 Å². The monoisotopic (exact) mass is 508 g/mol. The number of nitrogens with zero attached hydrogens (tertiary/aromatic N) is 1. The van der Waals surface area contributed by atoms with Crippen LogP contribution in [0, 0.1) is 6.92 Å². The molecule has 1 aliphatic heterocycles. The van der Waals surface area contributed by atoms with Gasteiger partial charge in [-0.1, -0.05) is 57.2 Å². The fraction of sp³-hybridized carbons (Fsp3) is 0.321. The molecule has 0 fully saturated rings. The average Bonchev–Trinajstić information content (AvgIpc) is 2.85. The van der Waals surface area contributed by atoms with Gasteiger partial charge >= 0.3 is 0 Å². The number of hydrogen-bond acceptors (Lipinski definition) is 5. The molecule has 0 bridgehead atoms. The number of fused-ring (bicyclic) bond motifs is 1. The zero-order chi connectivity index (χ0) is 25.9. The normalized spacial score (nSPS) is 15.6. The second kappa shape index (κ2) is 10.2. The van der Waals surface area contributed by atoms with Crippen LogP contribution in [-0.2, 0) is 20.2 Å². The van der Waals surface area contributed by atoms with Gasteiger partial charge < -0.3 is 14.8 Å². The van der Waals surface area contributed by atoms with Gasteiger partial charge in [0.2, 0.25) is 0 Å². The van der Waals surface area contributed by atoms with Crippen LogP contribution in [0.5, 0.6) is 11.5 Å². The first-order chi connectivity index (χ1) is 17.1. The van der Waals surface area contributed by atoms with Crippen LogP contribution in [0.25, 0.3) is 0 Å². The quantitative estimate of drug-likeness (QED) is 0.477. The lowest BCUT2D eigenvalue weighted by atomic mass is 9.87. The zero-order valence-corrected chi connectivity index (χ0v) is 21.8. The van der Waals surface area contributed by atoms with Gasteiger partial charge in [0, 0.05) is 0 Å². The summed E-state index contributed by atoms with van der Waals surface area (Å²) in [6.45, 7) is 8.73. The van der Waals surface area contributed by atoms with E-state index >= 15 is 0 Å². The van der Waals surface area contributed by atoms with Crippen LogP contribution >= 0.6 is 0 Å². The number of amides is 1. The molecule has 3 aromatic rings. The Kier molecular flexibility index (Phi) is 7.26. The van der Waals surface area contributed by atoms with Gasteiger partial charge in [-0.15, -0.1) is 0 Å². The minimum Gasteiger partial charge on any atom is -0.492 e. The second-order valence-electron chi connectivity index (χ2n) is 9.84. The Bertz CT molecular complexity index is 1320. The van der Waals surface area contributed by atoms with Gasteiger partial charge in [0.25, 0.3) is 15.9 Å². The number of carbonyl (C=O) groups excluding carboxylic acids is 1. The number of nitrogens with one attached hydrogen (secondary N) is 1. The molecule has 36 heavy (non-hydrogen) atoms. The maximum atomic E-state index is 13.4. The molecule has 0 radical (unpaired) electrons. The highest BCUT2D eigenvalue weighted by molar-refractivity contribution is 7.92. The van der Waals surface area contributed by atoms with Crippen LogP contribution < -0.4 is 19.1 Å². The van der Waals surface area contributed by atoms with E-state index in [1.54, 1.807) is 42.5 Å². The van der Waals surface area contributed by atoms with E-state index in [1.165, 1.54) is 9.87 Å². The van der Waals surface area contributed by atoms with Crippen molar-refractivity contribution in [3.05, 3.63) is 83.9 Å². The third-order valence-corrected chi connectivity index (χ3v) is 7.79. The Labute approximate surface area is 213 Å². The standard InChI is InChI=1S/C28H32N2O5S/c1-20-10-15-24-25(18-20)35-26(19-30(24)36(32,33)23-8-6-5-7-9-23)27(31)29-16-17-34-22-13-11-21(12-14-22)28(2,3)4/h5-15,18,26H,16-17,19H2,1-4H3,(H,29,31)/t26-/m0/s1. The molecule has 1 heterocycles. The first-order valence-corrected chi connectivity index (χ1v) is 13.4. The maximum absolute atomic E-state index is 13.4. The SMILES string of the molecule is Cc1ccc2c(c1)O[C@H](C(=O)NCCOc1ccc(C(C)(C)C)cc1)CN2S(=O)(=O)c1ccccc1. The third-order valence-electron chi connectivity index (χ3n) is 6.00. The predicted molar refractivity (Wildman–Crippen MR) is 140 cm³/mol.